The number of hydrogen-bond acceptors (Lipinski definition) is 5. The minimum absolute atomic E-state index is 0.265. The van der Waals surface area contributed by atoms with Crippen LogP contribution >= 0.6 is 0 Å². The number of ether oxygens (including phenoxy) is 2. The van der Waals surface area contributed by atoms with Crippen LogP contribution in [0.1, 0.15) is 29.9 Å². The van der Waals surface area contributed by atoms with Crippen LogP contribution < -0.4 is 14.8 Å². The molecule has 6 nitrogen and oxygen atoms in total. The molecule has 2 aromatic rings. The summed E-state index contributed by atoms with van der Waals surface area (Å²) in [6.45, 7) is 4.80. The number of carbonyl (C=O) groups excluding carboxylic acids is 1. The van der Waals surface area contributed by atoms with Crippen molar-refractivity contribution in [3.63, 3.8) is 0 Å². The predicted molar refractivity (Wildman–Crippen MR) is 85.7 cm³/mol. The van der Waals surface area contributed by atoms with Crippen LogP contribution in [-0.2, 0) is 0 Å². The largest absolute Gasteiger partial charge is 0.490 e. The molecule has 0 saturated heterocycles. The van der Waals surface area contributed by atoms with Crippen molar-refractivity contribution in [2.75, 3.05) is 18.5 Å². The molecular weight excluding hydrogens is 294 g/mol. The van der Waals surface area contributed by atoms with Gasteiger partial charge in [-0.3, -0.25) is 4.79 Å². The molecule has 0 unspecified atom stereocenters. The summed E-state index contributed by atoms with van der Waals surface area (Å²) in [5.41, 5.74) is 1.23. The summed E-state index contributed by atoms with van der Waals surface area (Å²) in [5, 5.41) is 11.5. The van der Waals surface area contributed by atoms with Gasteiger partial charge in [0.15, 0.2) is 11.5 Å². The molecule has 1 amide bonds. The number of aromatic nitrogens is 1. The highest BCUT2D eigenvalue weighted by molar-refractivity contribution is 6.04. The lowest BCUT2D eigenvalue weighted by molar-refractivity contribution is 0.102. The van der Waals surface area contributed by atoms with E-state index >= 15 is 0 Å². The van der Waals surface area contributed by atoms with E-state index in [9.17, 15) is 4.79 Å². The lowest BCUT2D eigenvalue weighted by Crippen LogP contribution is -2.12. The molecule has 1 aromatic carbocycles. The number of amides is 1. The number of benzene rings is 1. The normalized spacial score (nSPS) is 9.78. The van der Waals surface area contributed by atoms with Gasteiger partial charge in [0.25, 0.3) is 5.91 Å². The lowest BCUT2D eigenvalue weighted by Gasteiger charge is -2.13. The molecule has 118 valence electrons. The molecule has 2 rings (SSSR count). The second-order valence-electron chi connectivity index (χ2n) is 4.53. The maximum Gasteiger partial charge on any atom is 0.257 e. The zero-order chi connectivity index (χ0) is 16.7. The zero-order valence-corrected chi connectivity index (χ0v) is 13.0. The SMILES string of the molecule is CCOc1ccc(NC(=O)c2ccc(C#N)nc2)cc1OCC. The van der Waals surface area contributed by atoms with Crippen LogP contribution in [0.3, 0.4) is 0 Å². The molecule has 6 heteroatoms. The third kappa shape index (κ3) is 4.20. The Hall–Kier alpha value is -3.07. The molecule has 0 radical (unpaired) electrons. The van der Waals surface area contributed by atoms with E-state index in [-0.39, 0.29) is 11.6 Å². The zero-order valence-electron chi connectivity index (χ0n) is 13.0. The number of hydrogen-bond donors (Lipinski definition) is 1. The maximum absolute atomic E-state index is 12.2. The summed E-state index contributed by atoms with van der Waals surface area (Å²) in [7, 11) is 0. The Morgan fingerprint density at radius 2 is 1.91 bits per heavy atom. The van der Waals surface area contributed by atoms with Gasteiger partial charge in [0.1, 0.15) is 11.8 Å². The number of pyridine rings is 1. The van der Waals surface area contributed by atoms with E-state index in [0.717, 1.165) is 0 Å². The molecule has 0 fully saturated rings. The van der Waals surface area contributed by atoms with Crippen molar-refractivity contribution in [3.05, 3.63) is 47.8 Å². The molecule has 0 aliphatic heterocycles. The van der Waals surface area contributed by atoms with Crippen LogP contribution in [0.4, 0.5) is 5.69 Å². The van der Waals surface area contributed by atoms with Crippen molar-refractivity contribution >= 4 is 11.6 Å². The Bertz CT molecular complexity index is 721. The fourth-order valence-electron chi connectivity index (χ4n) is 1.93. The average molecular weight is 311 g/mol. The van der Waals surface area contributed by atoms with Gasteiger partial charge in [-0.2, -0.15) is 5.26 Å². The number of anilines is 1. The first-order valence-corrected chi connectivity index (χ1v) is 7.25. The Labute approximate surface area is 134 Å². The summed E-state index contributed by atoms with van der Waals surface area (Å²) < 4.78 is 11.0. The molecule has 0 bridgehead atoms. The number of carbonyl (C=O) groups is 1. The molecule has 23 heavy (non-hydrogen) atoms. The van der Waals surface area contributed by atoms with Crippen LogP contribution in [0.5, 0.6) is 11.5 Å². The molecular formula is C17H17N3O3. The van der Waals surface area contributed by atoms with E-state index in [4.69, 9.17) is 14.7 Å². The topological polar surface area (TPSA) is 84.2 Å². The lowest BCUT2D eigenvalue weighted by atomic mass is 10.2. The summed E-state index contributed by atoms with van der Waals surface area (Å²) in [4.78, 5) is 16.1. The fraction of sp³-hybridized carbons (Fsp3) is 0.235. The van der Waals surface area contributed by atoms with Crippen LogP contribution in [0.15, 0.2) is 36.5 Å². The van der Waals surface area contributed by atoms with Crippen LogP contribution in [0.2, 0.25) is 0 Å². The summed E-state index contributed by atoms with van der Waals surface area (Å²) in [6, 6.07) is 10.2. The Morgan fingerprint density at radius 1 is 1.17 bits per heavy atom. The van der Waals surface area contributed by atoms with Crippen molar-refractivity contribution in [1.82, 2.24) is 4.98 Å². The van der Waals surface area contributed by atoms with E-state index in [1.165, 1.54) is 12.3 Å². The number of nitrogens with one attached hydrogen (secondary N) is 1. The first-order chi connectivity index (χ1) is 11.2. The Morgan fingerprint density at radius 3 is 2.52 bits per heavy atom. The van der Waals surface area contributed by atoms with Gasteiger partial charge in [0.2, 0.25) is 0 Å². The number of rotatable bonds is 6. The van der Waals surface area contributed by atoms with Gasteiger partial charge in [-0.25, -0.2) is 4.98 Å². The second-order valence-corrected chi connectivity index (χ2v) is 4.53. The first-order valence-electron chi connectivity index (χ1n) is 7.25. The summed E-state index contributed by atoms with van der Waals surface area (Å²) in [5.74, 6) is 0.895. The smallest absolute Gasteiger partial charge is 0.257 e. The van der Waals surface area contributed by atoms with Gasteiger partial charge in [-0.15, -0.1) is 0 Å². The van der Waals surface area contributed by atoms with Gasteiger partial charge in [-0.05, 0) is 38.1 Å². The van der Waals surface area contributed by atoms with Gasteiger partial charge >= 0.3 is 0 Å². The van der Waals surface area contributed by atoms with Crippen molar-refractivity contribution in [2.45, 2.75) is 13.8 Å². The van der Waals surface area contributed by atoms with Crippen molar-refractivity contribution in [2.24, 2.45) is 0 Å². The quantitative estimate of drug-likeness (QED) is 0.886. The van der Waals surface area contributed by atoms with E-state index in [0.29, 0.717) is 36.0 Å². The van der Waals surface area contributed by atoms with E-state index in [1.54, 1.807) is 24.3 Å². The summed E-state index contributed by atoms with van der Waals surface area (Å²) >= 11 is 0. The Kier molecular flexibility index (Phi) is 5.53. The highest BCUT2D eigenvalue weighted by Crippen LogP contribution is 2.30. The first kappa shape index (κ1) is 16.3. The molecule has 1 heterocycles. The highest BCUT2D eigenvalue weighted by atomic mass is 16.5. The Balaban J connectivity index is 2.16. The molecule has 1 N–H and O–H groups in total. The van der Waals surface area contributed by atoms with Crippen molar-refractivity contribution in [3.8, 4) is 17.6 Å². The second kappa shape index (κ2) is 7.80. The van der Waals surface area contributed by atoms with Crippen LogP contribution in [-0.4, -0.2) is 24.1 Å². The predicted octanol–water partition coefficient (Wildman–Crippen LogP) is 3.00. The molecule has 0 saturated carbocycles. The van der Waals surface area contributed by atoms with Crippen LogP contribution in [0.25, 0.3) is 0 Å². The third-order valence-electron chi connectivity index (χ3n) is 2.94. The standard InChI is InChI=1S/C17H17N3O3/c1-3-22-15-8-7-13(9-16(15)23-4-2)20-17(21)12-5-6-14(10-18)19-11-12/h5-9,11H,3-4H2,1-2H3,(H,20,21). The molecule has 0 spiro atoms. The molecule has 0 atom stereocenters. The highest BCUT2D eigenvalue weighted by Gasteiger charge is 2.10. The monoisotopic (exact) mass is 311 g/mol. The van der Waals surface area contributed by atoms with Crippen molar-refractivity contribution < 1.29 is 14.3 Å². The average Bonchev–Trinajstić information content (AvgIpc) is 2.57. The number of nitriles is 1. The third-order valence-corrected chi connectivity index (χ3v) is 2.94. The number of nitrogens with zero attached hydrogens (tertiary/aromatic N) is 2. The van der Waals surface area contributed by atoms with Crippen LogP contribution in [0, 0.1) is 11.3 Å². The molecule has 0 aliphatic carbocycles. The van der Waals surface area contributed by atoms with E-state index < -0.39 is 0 Å². The minimum Gasteiger partial charge on any atom is -0.490 e. The minimum atomic E-state index is -0.311. The summed E-state index contributed by atoms with van der Waals surface area (Å²) in [6.07, 6.45) is 1.37. The van der Waals surface area contributed by atoms with Gasteiger partial charge < -0.3 is 14.8 Å². The van der Waals surface area contributed by atoms with E-state index in [2.05, 4.69) is 10.3 Å². The van der Waals surface area contributed by atoms with Crippen molar-refractivity contribution in [1.29, 1.82) is 5.26 Å². The van der Waals surface area contributed by atoms with Gasteiger partial charge in [0, 0.05) is 18.0 Å². The van der Waals surface area contributed by atoms with Gasteiger partial charge in [-0.1, -0.05) is 0 Å². The van der Waals surface area contributed by atoms with Gasteiger partial charge in [0.05, 0.1) is 18.8 Å². The molecule has 0 aliphatic rings. The maximum atomic E-state index is 12.2. The van der Waals surface area contributed by atoms with E-state index in [1.807, 2.05) is 19.9 Å². The molecule has 1 aromatic heterocycles. The fourth-order valence-corrected chi connectivity index (χ4v) is 1.93.